The van der Waals surface area contributed by atoms with Crippen molar-refractivity contribution >= 4 is 5.91 Å². The molecule has 1 amide bonds. The van der Waals surface area contributed by atoms with Crippen molar-refractivity contribution in [1.29, 1.82) is 0 Å². The standard InChI is InChI=1S/C12H16F2N2O2/c1-18-7-6-16(5-4-15)12(17)9-2-3-10(13)11(14)8-9/h2-3,8H,4-7,15H2,1H3. The molecule has 18 heavy (non-hydrogen) atoms. The maximum absolute atomic E-state index is 13.0. The number of halogens is 2. The number of hydrogen-bond acceptors (Lipinski definition) is 3. The Morgan fingerprint density at radius 1 is 1.33 bits per heavy atom. The molecule has 0 radical (unpaired) electrons. The molecule has 0 spiro atoms. The van der Waals surface area contributed by atoms with Gasteiger partial charge >= 0.3 is 0 Å². The molecular weight excluding hydrogens is 242 g/mol. The normalized spacial score (nSPS) is 10.4. The van der Waals surface area contributed by atoms with E-state index in [4.69, 9.17) is 10.5 Å². The van der Waals surface area contributed by atoms with Gasteiger partial charge < -0.3 is 15.4 Å². The van der Waals surface area contributed by atoms with E-state index in [1.165, 1.54) is 18.1 Å². The Morgan fingerprint density at radius 3 is 2.61 bits per heavy atom. The van der Waals surface area contributed by atoms with Crippen LogP contribution >= 0.6 is 0 Å². The van der Waals surface area contributed by atoms with Crippen LogP contribution in [-0.4, -0.2) is 44.2 Å². The smallest absolute Gasteiger partial charge is 0.254 e. The van der Waals surface area contributed by atoms with Crippen LogP contribution in [0.5, 0.6) is 0 Å². The molecule has 1 aromatic carbocycles. The van der Waals surface area contributed by atoms with Gasteiger partial charge in [-0.2, -0.15) is 0 Å². The molecule has 1 aromatic rings. The van der Waals surface area contributed by atoms with E-state index in [0.717, 1.165) is 12.1 Å². The first-order valence-corrected chi connectivity index (χ1v) is 5.53. The summed E-state index contributed by atoms with van der Waals surface area (Å²) in [5, 5.41) is 0. The van der Waals surface area contributed by atoms with E-state index >= 15 is 0 Å². The summed E-state index contributed by atoms with van der Waals surface area (Å²) in [5.74, 6) is -2.41. The van der Waals surface area contributed by atoms with Gasteiger partial charge in [-0.1, -0.05) is 0 Å². The zero-order valence-corrected chi connectivity index (χ0v) is 10.2. The Balaban J connectivity index is 2.83. The largest absolute Gasteiger partial charge is 0.383 e. The molecule has 4 nitrogen and oxygen atoms in total. The summed E-state index contributed by atoms with van der Waals surface area (Å²) in [6.45, 7) is 1.33. The van der Waals surface area contributed by atoms with Crippen molar-refractivity contribution in [3.8, 4) is 0 Å². The summed E-state index contributed by atoms with van der Waals surface area (Å²) in [4.78, 5) is 13.5. The number of carbonyl (C=O) groups excluding carboxylic acids is 1. The van der Waals surface area contributed by atoms with E-state index < -0.39 is 17.5 Å². The monoisotopic (exact) mass is 258 g/mol. The summed E-state index contributed by atoms with van der Waals surface area (Å²) in [6, 6.07) is 3.06. The van der Waals surface area contributed by atoms with Gasteiger partial charge in [0.2, 0.25) is 0 Å². The lowest BCUT2D eigenvalue weighted by Gasteiger charge is -2.21. The maximum Gasteiger partial charge on any atom is 0.254 e. The number of hydrogen-bond donors (Lipinski definition) is 1. The highest BCUT2D eigenvalue weighted by Gasteiger charge is 2.16. The van der Waals surface area contributed by atoms with Crippen LogP contribution in [0.4, 0.5) is 8.78 Å². The second-order valence-corrected chi connectivity index (χ2v) is 3.70. The van der Waals surface area contributed by atoms with E-state index in [0.29, 0.717) is 26.2 Å². The number of nitrogens with zero attached hydrogens (tertiary/aromatic N) is 1. The van der Waals surface area contributed by atoms with Crippen molar-refractivity contribution in [1.82, 2.24) is 4.90 Å². The number of nitrogens with two attached hydrogens (primary N) is 1. The molecule has 0 bridgehead atoms. The van der Waals surface area contributed by atoms with E-state index in [1.807, 2.05) is 0 Å². The summed E-state index contributed by atoms with van der Waals surface area (Å²) in [5.41, 5.74) is 5.50. The maximum atomic E-state index is 13.0. The van der Waals surface area contributed by atoms with Crippen LogP contribution in [0.3, 0.4) is 0 Å². The Morgan fingerprint density at radius 2 is 2.06 bits per heavy atom. The minimum Gasteiger partial charge on any atom is -0.383 e. The molecule has 0 fully saturated rings. The fraction of sp³-hybridized carbons (Fsp3) is 0.417. The van der Waals surface area contributed by atoms with E-state index in [-0.39, 0.29) is 5.56 Å². The molecule has 100 valence electrons. The zero-order valence-electron chi connectivity index (χ0n) is 10.2. The molecule has 0 saturated carbocycles. The second-order valence-electron chi connectivity index (χ2n) is 3.70. The van der Waals surface area contributed by atoms with Crippen LogP contribution in [0.25, 0.3) is 0 Å². The average Bonchev–Trinajstić information content (AvgIpc) is 2.37. The van der Waals surface area contributed by atoms with Gasteiger partial charge in [0.15, 0.2) is 11.6 Å². The van der Waals surface area contributed by atoms with Crippen molar-refractivity contribution < 1.29 is 18.3 Å². The van der Waals surface area contributed by atoms with Crippen LogP contribution in [0.2, 0.25) is 0 Å². The first-order chi connectivity index (χ1) is 8.60. The lowest BCUT2D eigenvalue weighted by atomic mass is 10.2. The second kappa shape index (κ2) is 7.03. The third-order valence-corrected chi connectivity index (χ3v) is 2.42. The molecule has 2 N–H and O–H groups in total. The number of carbonyl (C=O) groups is 1. The first-order valence-electron chi connectivity index (χ1n) is 5.53. The molecular formula is C12H16F2N2O2. The van der Waals surface area contributed by atoms with Gasteiger partial charge in [-0.3, -0.25) is 4.79 Å². The van der Waals surface area contributed by atoms with Crippen molar-refractivity contribution in [3.63, 3.8) is 0 Å². The molecule has 0 heterocycles. The number of methoxy groups -OCH3 is 1. The fourth-order valence-corrected chi connectivity index (χ4v) is 1.48. The Bertz CT molecular complexity index is 413. The van der Waals surface area contributed by atoms with E-state index in [2.05, 4.69) is 0 Å². The average molecular weight is 258 g/mol. The molecule has 0 unspecified atom stereocenters. The molecule has 0 aromatic heterocycles. The number of ether oxygens (including phenoxy) is 1. The lowest BCUT2D eigenvalue weighted by molar-refractivity contribution is 0.0701. The number of benzene rings is 1. The predicted octanol–water partition coefficient (Wildman–Crippen LogP) is 1.01. The Hall–Kier alpha value is -1.53. The van der Waals surface area contributed by atoms with Gasteiger partial charge in [-0.05, 0) is 18.2 Å². The molecule has 6 heteroatoms. The minimum atomic E-state index is -1.04. The van der Waals surface area contributed by atoms with Crippen LogP contribution < -0.4 is 5.73 Å². The Labute approximate surface area is 104 Å². The van der Waals surface area contributed by atoms with Crippen molar-refractivity contribution in [2.24, 2.45) is 5.73 Å². The van der Waals surface area contributed by atoms with Gasteiger partial charge in [0.1, 0.15) is 0 Å². The Kier molecular flexibility index (Phi) is 5.67. The van der Waals surface area contributed by atoms with Gasteiger partial charge in [0.25, 0.3) is 5.91 Å². The zero-order chi connectivity index (χ0) is 13.5. The lowest BCUT2D eigenvalue weighted by Crippen LogP contribution is -2.37. The van der Waals surface area contributed by atoms with Crippen LogP contribution in [0, 0.1) is 11.6 Å². The SMILES string of the molecule is COCCN(CCN)C(=O)c1ccc(F)c(F)c1. The van der Waals surface area contributed by atoms with Crippen LogP contribution in [-0.2, 0) is 4.74 Å². The molecule has 0 atom stereocenters. The summed E-state index contributed by atoms with van der Waals surface area (Å²) < 4.78 is 30.7. The molecule has 0 saturated heterocycles. The fourth-order valence-electron chi connectivity index (χ4n) is 1.48. The minimum absolute atomic E-state index is 0.0958. The van der Waals surface area contributed by atoms with Crippen LogP contribution in [0.1, 0.15) is 10.4 Å². The highest BCUT2D eigenvalue weighted by atomic mass is 19.2. The van der Waals surface area contributed by atoms with Gasteiger partial charge in [0, 0.05) is 32.3 Å². The highest BCUT2D eigenvalue weighted by Crippen LogP contribution is 2.11. The molecule has 1 rings (SSSR count). The summed E-state index contributed by atoms with van der Waals surface area (Å²) in [6.07, 6.45) is 0. The molecule has 0 aliphatic heterocycles. The number of rotatable bonds is 6. The summed E-state index contributed by atoms with van der Waals surface area (Å²) in [7, 11) is 1.52. The van der Waals surface area contributed by atoms with Gasteiger partial charge in [0.05, 0.1) is 6.61 Å². The van der Waals surface area contributed by atoms with E-state index in [1.54, 1.807) is 0 Å². The van der Waals surface area contributed by atoms with Crippen molar-refractivity contribution in [2.75, 3.05) is 33.4 Å². The van der Waals surface area contributed by atoms with Crippen LogP contribution in [0.15, 0.2) is 18.2 Å². The predicted molar refractivity (Wildman–Crippen MR) is 63.2 cm³/mol. The number of amides is 1. The first kappa shape index (κ1) is 14.5. The molecule has 0 aliphatic carbocycles. The molecule has 0 aliphatic rings. The van der Waals surface area contributed by atoms with Crippen molar-refractivity contribution in [2.45, 2.75) is 0 Å². The third kappa shape index (κ3) is 3.75. The van der Waals surface area contributed by atoms with E-state index in [9.17, 15) is 13.6 Å². The topological polar surface area (TPSA) is 55.6 Å². The third-order valence-electron chi connectivity index (χ3n) is 2.42. The van der Waals surface area contributed by atoms with Crippen molar-refractivity contribution in [3.05, 3.63) is 35.4 Å². The van der Waals surface area contributed by atoms with Gasteiger partial charge in [-0.25, -0.2) is 8.78 Å². The quantitative estimate of drug-likeness (QED) is 0.828. The summed E-state index contributed by atoms with van der Waals surface area (Å²) >= 11 is 0. The highest BCUT2D eigenvalue weighted by molar-refractivity contribution is 5.94. The van der Waals surface area contributed by atoms with Gasteiger partial charge in [-0.15, -0.1) is 0 Å².